The number of fused-ring (bicyclic) bond motifs is 1. The van der Waals surface area contributed by atoms with Crippen LogP contribution in [-0.2, 0) is 27.3 Å². The molecule has 3 N–H and O–H groups in total. The standard InChI is InChI=1S/C26H36N2O3.C8H11NO.C2H6/c1-19-12-13-21(8-5-3-4-6-9-23(19)18-31-27)17-28-26(29)20(2)16-22-10-7-11-25-24(22)14-15-30-25;1-3-8-7(6(2)10)4-5-9-8;1-2/h7-8,10-13,20,23H,1,3-6,9,14-18,27H2,2H3,(H,28,29);4-5,8H,3H2,1-2H3;1-2H3/b13-12-,21-8+;;. The number of Topliss-reactive ketones (excluding diaryl/α,β-unsaturated/α-hetero) is 1. The second kappa shape index (κ2) is 19.8. The van der Waals surface area contributed by atoms with Crippen molar-refractivity contribution in [3.05, 3.63) is 76.9 Å². The lowest BCUT2D eigenvalue weighted by atomic mass is 9.94. The van der Waals surface area contributed by atoms with Crippen LogP contribution in [0.2, 0.25) is 0 Å². The molecule has 1 aliphatic carbocycles. The summed E-state index contributed by atoms with van der Waals surface area (Å²) < 4.78 is 5.65. The monoisotopic (exact) mass is 591 g/mol. The predicted octanol–water partition coefficient (Wildman–Crippen LogP) is 6.82. The first-order valence-electron chi connectivity index (χ1n) is 16.0. The topological polar surface area (TPSA) is 103 Å². The Morgan fingerprint density at radius 1 is 1.21 bits per heavy atom. The zero-order valence-corrected chi connectivity index (χ0v) is 27.0. The van der Waals surface area contributed by atoms with Crippen molar-refractivity contribution in [1.29, 1.82) is 0 Å². The molecule has 3 unspecified atom stereocenters. The molecule has 4 rings (SSSR count). The molecule has 7 heteroatoms. The molecular formula is C36H53N3O4. The number of carbonyl (C=O) groups excluding carboxylic acids is 2. The molecule has 1 aromatic rings. The third kappa shape index (κ3) is 11.7. The molecule has 7 nitrogen and oxygen atoms in total. The molecule has 0 fully saturated rings. The van der Waals surface area contributed by atoms with Crippen LogP contribution < -0.4 is 16.0 Å². The number of amides is 1. The fraction of sp³-hybridized carbons (Fsp3) is 0.528. The first-order valence-corrected chi connectivity index (χ1v) is 16.0. The van der Waals surface area contributed by atoms with Crippen LogP contribution in [0, 0.1) is 11.8 Å². The number of nitrogens with zero attached hydrogens (tertiary/aromatic N) is 1. The number of allylic oxidation sites excluding steroid dienone is 3. The van der Waals surface area contributed by atoms with Gasteiger partial charge in [0.1, 0.15) is 5.75 Å². The Labute approximate surface area is 259 Å². The van der Waals surface area contributed by atoms with Gasteiger partial charge in [-0.05, 0) is 67.9 Å². The molecule has 2 heterocycles. The van der Waals surface area contributed by atoms with Gasteiger partial charge in [-0.2, -0.15) is 0 Å². The minimum atomic E-state index is -0.0968. The minimum Gasteiger partial charge on any atom is -0.493 e. The van der Waals surface area contributed by atoms with Crippen molar-refractivity contribution < 1.29 is 19.2 Å². The van der Waals surface area contributed by atoms with E-state index in [1.165, 1.54) is 17.5 Å². The summed E-state index contributed by atoms with van der Waals surface area (Å²) >= 11 is 0. The molecule has 43 heavy (non-hydrogen) atoms. The number of rotatable bonds is 9. The molecule has 0 aromatic heterocycles. The van der Waals surface area contributed by atoms with Crippen molar-refractivity contribution in [2.24, 2.45) is 22.7 Å². The zero-order chi connectivity index (χ0) is 31.6. The van der Waals surface area contributed by atoms with Gasteiger partial charge in [0.05, 0.1) is 19.3 Å². The first kappa shape index (κ1) is 35.9. The van der Waals surface area contributed by atoms with E-state index < -0.39 is 0 Å². The predicted molar refractivity (Wildman–Crippen MR) is 177 cm³/mol. The van der Waals surface area contributed by atoms with Crippen molar-refractivity contribution >= 4 is 17.9 Å². The van der Waals surface area contributed by atoms with Crippen molar-refractivity contribution in [3.63, 3.8) is 0 Å². The fourth-order valence-corrected chi connectivity index (χ4v) is 5.41. The van der Waals surface area contributed by atoms with Crippen LogP contribution in [0.25, 0.3) is 0 Å². The molecule has 2 aliphatic heterocycles. The van der Waals surface area contributed by atoms with E-state index in [4.69, 9.17) is 15.5 Å². The van der Waals surface area contributed by atoms with Crippen LogP contribution >= 0.6 is 0 Å². The van der Waals surface area contributed by atoms with Gasteiger partial charge in [-0.25, -0.2) is 5.90 Å². The number of ketones is 1. The fourth-order valence-electron chi connectivity index (χ4n) is 5.41. The zero-order valence-electron chi connectivity index (χ0n) is 27.0. The quantitative estimate of drug-likeness (QED) is 0.307. The van der Waals surface area contributed by atoms with E-state index in [9.17, 15) is 9.59 Å². The Kier molecular flexibility index (Phi) is 16.5. The number of hydrogen-bond donors (Lipinski definition) is 2. The van der Waals surface area contributed by atoms with Gasteiger partial charge in [0.25, 0.3) is 0 Å². The van der Waals surface area contributed by atoms with E-state index in [1.807, 2.05) is 45.9 Å². The number of nitrogens with one attached hydrogen (secondary N) is 1. The average Bonchev–Trinajstić information content (AvgIpc) is 3.70. The van der Waals surface area contributed by atoms with Gasteiger partial charge in [-0.3, -0.25) is 14.6 Å². The normalized spacial score (nSPS) is 22.0. The van der Waals surface area contributed by atoms with Crippen LogP contribution in [-0.4, -0.2) is 43.7 Å². The third-order valence-corrected chi connectivity index (χ3v) is 7.95. The summed E-state index contributed by atoms with van der Waals surface area (Å²) in [6.45, 7) is 15.6. The third-order valence-electron chi connectivity index (χ3n) is 7.95. The Morgan fingerprint density at radius 2 is 2.00 bits per heavy atom. The van der Waals surface area contributed by atoms with Gasteiger partial charge in [0.15, 0.2) is 5.78 Å². The van der Waals surface area contributed by atoms with Gasteiger partial charge in [-0.15, -0.1) is 0 Å². The van der Waals surface area contributed by atoms with Crippen molar-refractivity contribution in [2.45, 2.75) is 92.0 Å². The van der Waals surface area contributed by atoms with E-state index >= 15 is 0 Å². The van der Waals surface area contributed by atoms with Crippen LogP contribution in [0.3, 0.4) is 0 Å². The van der Waals surface area contributed by atoms with E-state index in [-0.39, 0.29) is 29.6 Å². The second-order valence-corrected chi connectivity index (χ2v) is 11.1. The molecule has 0 saturated heterocycles. The van der Waals surface area contributed by atoms with Gasteiger partial charge in [0.2, 0.25) is 5.91 Å². The lowest BCUT2D eigenvalue weighted by molar-refractivity contribution is -0.124. The first-order chi connectivity index (χ1) is 20.8. The molecule has 0 radical (unpaired) electrons. The Hall–Kier alpha value is -3.29. The molecule has 0 saturated carbocycles. The molecular weight excluding hydrogens is 538 g/mol. The van der Waals surface area contributed by atoms with Crippen LogP contribution in [0.4, 0.5) is 0 Å². The summed E-state index contributed by atoms with van der Waals surface area (Å²) in [4.78, 5) is 32.7. The van der Waals surface area contributed by atoms with Crippen LogP contribution in [0.1, 0.15) is 84.3 Å². The van der Waals surface area contributed by atoms with Gasteiger partial charge >= 0.3 is 0 Å². The second-order valence-electron chi connectivity index (χ2n) is 11.1. The smallest absolute Gasteiger partial charge is 0.223 e. The van der Waals surface area contributed by atoms with Gasteiger partial charge < -0.3 is 14.9 Å². The molecule has 3 aliphatic rings. The summed E-state index contributed by atoms with van der Waals surface area (Å²) in [5.74, 6) is 6.64. The molecule has 1 amide bonds. The SMILES string of the molecule is C=C1/C=C\C(CNC(=O)C(C)Cc2cccc3c2CCO3)=C/CCCCCC1CON.CC.CCC1N=CC=C1C(C)=O. The highest BCUT2D eigenvalue weighted by Crippen LogP contribution is 2.29. The van der Waals surface area contributed by atoms with Crippen molar-refractivity contribution in [1.82, 2.24) is 5.32 Å². The summed E-state index contributed by atoms with van der Waals surface area (Å²) in [7, 11) is 0. The highest BCUT2D eigenvalue weighted by molar-refractivity contribution is 6.00. The maximum atomic E-state index is 12.8. The van der Waals surface area contributed by atoms with Crippen LogP contribution in [0.15, 0.2) is 70.8 Å². The molecule has 0 bridgehead atoms. The summed E-state index contributed by atoms with van der Waals surface area (Å²) in [5.41, 5.74) is 5.47. The summed E-state index contributed by atoms with van der Waals surface area (Å²) in [6, 6.07) is 6.27. The number of benzene rings is 1. The maximum Gasteiger partial charge on any atom is 0.223 e. The number of ether oxygens (including phenoxy) is 1. The number of hydrogen-bond acceptors (Lipinski definition) is 6. The number of carbonyl (C=O) groups is 2. The largest absolute Gasteiger partial charge is 0.493 e. The highest BCUT2D eigenvalue weighted by Gasteiger charge is 2.20. The summed E-state index contributed by atoms with van der Waals surface area (Å²) in [5, 5.41) is 3.13. The molecule has 3 atom stereocenters. The van der Waals surface area contributed by atoms with Crippen LogP contribution in [0.5, 0.6) is 5.75 Å². The van der Waals surface area contributed by atoms with Gasteiger partial charge in [-0.1, -0.05) is 77.5 Å². The molecule has 1 aromatic carbocycles. The minimum absolute atomic E-state index is 0.0772. The maximum absolute atomic E-state index is 12.8. The Bertz CT molecular complexity index is 1180. The lowest BCUT2D eigenvalue weighted by Crippen LogP contribution is -2.31. The van der Waals surface area contributed by atoms with Crippen molar-refractivity contribution in [3.8, 4) is 5.75 Å². The van der Waals surface area contributed by atoms with Crippen molar-refractivity contribution in [2.75, 3.05) is 19.8 Å². The number of nitrogens with two attached hydrogens (primary N) is 1. The van der Waals surface area contributed by atoms with E-state index in [0.29, 0.717) is 13.2 Å². The molecule has 236 valence electrons. The van der Waals surface area contributed by atoms with Gasteiger partial charge in [0, 0.05) is 42.2 Å². The molecule has 0 spiro atoms. The lowest BCUT2D eigenvalue weighted by Gasteiger charge is -2.16. The Balaban J connectivity index is 0.000000451. The summed E-state index contributed by atoms with van der Waals surface area (Å²) in [6.07, 6.45) is 18.0. The van der Waals surface area contributed by atoms with E-state index in [0.717, 1.165) is 74.0 Å². The average molecular weight is 592 g/mol. The number of aliphatic imine (C=N–C) groups is 1. The van der Waals surface area contributed by atoms with E-state index in [2.05, 4.69) is 35.1 Å². The van der Waals surface area contributed by atoms with E-state index in [1.54, 1.807) is 19.2 Å². The Morgan fingerprint density at radius 3 is 2.70 bits per heavy atom. The highest BCUT2D eigenvalue weighted by atomic mass is 16.6.